The lowest BCUT2D eigenvalue weighted by atomic mass is 10.1. The van der Waals surface area contributed by atoms with Crippen LogP contribution in [0.15, 0.2) is 46.2 Å². The molecule has 0 aromatic heterocycles. The van der Waals surface area contributed by atoms with E-state index >= 15 is 0 Å². The van der Waals surface area contributed by atoms with Crippen LogP contribution in [0.4, 0.5) is 0 Å². The number of aliphatic hydroxyl groups excluding tert-OH is 2. The van der Waals surface area contributed by atoms with Crippen molar-refractivity contribution >= 4 is 67.2 Å². The Morgan fingerprint density at radius 2 is 1.65 bits per heavy atom. The first-order valence-corrected chi connectivity index (χ1v) is 13.1. The van der Waals surface area contributed by atoms with E-state index in [0.29, 0.717) is 10.2 Å². The average Bonchev–Trinajstić information content (AvgIpc) is 2.76. The number of aliphatic hydroxyl groups is 3. The summed E-state index contributed by atoms with van der Waals surface area (Å²) in [6.07, 6.45) is -1.04. The Hall–Kier alpha value is -0.530. The van der Waals surface area contributed by atoms with Gasteiger partial charge in [-0.25, -0.2) is 8.42 Å². The van der Waals surface area contributed by atoms with Crippen LogP contribution in [0.3, 0.4) is 0 Å². The largest absolute Gasteiger partial charge is 0.491 e. The standard InChI is InChI=1S/C19H20Cl3IO7S/c20-9-19(26,10-23)11-30-18-16(21)5-15(6-17(18)22)31(27,28)14-3-1-13(2-4-14)29-8-12(25)7-24/h1-6,12,24-26H,7-11H2/t12-,19?/m1/s1. The molecule has 0 amide bonds. The maximum absolute atomic E-state index is 13.0. The fraction of sp³-hybridized carbons (Fsp3) is 0.368. The van der Waals surface area contributed by atoms with E-state index in [1.54, 1.807) is 0 Å². The second kappa shape index (κ2) is 11.6. The van der Waals surface area contributed by atoms with Gasteiger partial charge in [-0.2, -0.15) is 0 Å². The highest BCUT2D eigenvalue weighted by Gasteiger charge is 2.27. The molecule has 0 saturated heterocycles. The second-order valence-corrected chi connectivity index (χ2v) is 10.4. The van der Waals surface area contributed by atoms with Crippen LogP contribution < -0.4 is 9.47 Å². The van der Waals surface area contributed by atoms with Crippen molar-refractivity contribution < 1.29 is 33.2 Å². The van der Waals surface area contributed by atoms with Crippen molar-refractivity contribution in [2.24, 2.45) is 0 Å². The molecule has 0 aliphatic rings. The Balaban J connectivity index is 2.23. The van der Waals surface area contributed by atoms with Gasteiger partial charge in [-0.1, -0.05) is 45.8 Å². The molecule has 0 radical (unpaired) electrons. The average molecular weight is 626 g/mol. The van der Waals surface area contributed by atoms with Gasteiger partial charge in [-0.3, -0.25) is 0 Å². The number of ether oxygens (including phenoxy) is 2. The second-order valence-electron chi connectivity index (χ2n) is 6.62. The summed E-state index contributed by atoms with van der Waals surface area (Å²) in [5.74, 6) is 0.311. The number of hydrogen-bond acceptors (Lipinski definition) is 7. The molecule has 2 aromatic rings. The molecule has 2 atom stereocenters. The summed E-state index contributed by atoms with van der Waals surface area (Å²) in [6.45, 7) is -0.750. The molecule has 0 fully saturated rings. The molecule has 31 heavy (non-hydrogen) atoms. The SMILES string of the molecule is O=S(=O)(c1ccc(OC[C@H](O)CO)cc1)c1cc(Cl)c(OCC(O)(CCl)CI)c(Cl)c1. The molecule has 7 nitrogen and oxygen atoms in total. The van der Waals surface area contributed by atoms with E-state index < -0.39 is 28.1 Å². The minimum atomic E-state index is -3.95. The molecule has 2 rings (SSSR count). The summed E-state index contributed by atoms with van der Waals surface area (Å²) in [5.41, 5.74) is -1.28. The monoisotopic (exact) mass is 624 g/mol. The number of hydrogen-bond donors (Lipinski definition) is 3. The van der Waals surface area contributed by atoms with Gasteiger partial charge < -0.3 is 24.8 Å². The normalized spacial score (nSPS) is 14.7. The van der Waals surface area contributed by atoms with Gasteiger partial charge in [0.15, 0.2) is 5.75 Å². The quantitative estimate of drug-likeness (QED) is 0.259. The van der Waals surface area contributed by atoms with Crippen molar-refractivity contribution in [3.8, 4) is 11.5 Å². The molecule has 0 aliphatic heterocycles. The maximum Gasteiger partial charge on any atom is 0.206 e. The summed E-state index contributed by atoms with van der Waals surface area (Å²) in [7, 11) is -3.95. The predicted molar refractivity (Wildman–Crippen MR) is 127 cm³/mol. The Morgan fingerprint density at radius 3 is 2.13 bits per heavy atom. The van der Waals surface area contributed by atoms with E-state index in [1.807, 2.05) is 22.6 Å². The van der Waals surface area contributed by atoms with Crippen LogP contribution in [-0.2, 0) is 9.84 Å². The zero-order valence-electron chi connectivity index (χ0n) is 16.0. The molecule has 0 heterocycles. The molecular weight excluding hydrogens is 606 g/mol. The van der Waals surface area contributed by atoms with Gasteiger partial charge in [0.05, 0.1) is 32.3 Å². The lowest BCUT2D eigenvalue weighted by molar-refractivity contribution is 0.0385. The van der Waals surface area contributed by atoms with Crippen molar-refractivity contribution in [1.82, 2.24) is 0 Å². The summed E-state index contributed by atoms with van der Waals surface area (Å²) in [5, 5.41) is 28.3. The van der Waals surface area contributed by atoms with Gasteiger partial charge in [0, 0.05) is 4.43 Å². The predicted octanol–water partition coefficient (Wildman–Crippen LogP) is 3.34. The van der Waals surface area contributed by atoms with E-state index in [1.165, 1.54) is 36.4 Å². The fourth-order valence-electron chi connectivity index (χ4n) is 2.25. The van der Waals surface area contributed by atoms with Gasteiger partial charge in [0.1, 0.15) is 30.7 Å². The van der Waals surface area contributed by atoms with Crippen molar-refractivity contribution in [3.05, 3.63) is 46.4 Å². The molecule has 172 valence electrons. The molecule has 2 aromatic carbocycles. The topological polar surface area (TPSA) is 113 Å². The van der Waals surface area contributed by atoms with Crippen molar-refractivity contribution in [2.75, 3.05) is 30.1 Å². The fourth-order valence-corrected chi connectivity index (χ4v) is 5.26. The van der Waals surface area contributed by atoms with Gasteiger partial charge in [-0.05, 0) is 36.4 Å². The zero-order valence-corrected chi connectivity index (χ0v) is 21.2. The molecule has 0 aliphatic carbocycles. The van der Waals surface area contributed by atoms with Crippen molar-refractivity contribution in [2.45, 2.75) is 21.5 Å². The van der Waals surface area contributed by atoms with Crippen LogP contribution in [0.25, 0.3) is 0 Å². The third kappa shape index (κ3) is 6.97. The highest BCUT2D eigenvalue weighted by molar-refractivity contribution is 14.1. The first kappa shape index (κ1) is 26.7. The van der Waals surface area contributed by atoms with Crippen LogP contribution in [0.2, 0.25) is 10.0 Å². The van der Waals surface area contributed by atoms with Gasteiger partial charge in [0.25, 0.3) is 0 Å². The number of sulfone groups is 1. The molecule has 0 spiro atoms. The van der Waals surface area contributed by atoms with Crippen LogP contribution in [0, 0.1) is 0 Å². The third-order valence-corrected chi connectivity index (χ3v) is 8.28. The van der Waals surface area contributed by atoms with E-state index in [9.17, 15) is 18.6 Å². The summed E-state index contributed by atoms with van der Waals surface area (Å²) < 4.78 is 37.0. The molecule has 12 heteroatoms. The highest BCUT2D eigenvalue weighted by Crippen LogP contribution is 2.37. The number of halogens is 4. The van der Waals surface area contributed by atoms with Crippen LogP contribution >= 0.6 is 57.4 Å². The molecular formula is C19H20Cl3IO7S. The van der Waals surface area contributed by atoms with E-state index in [2.05, 4.69) is 0 Å². The number of rotatable bonds is 11. The molecule has 3 N–H and O–H groups in total. The van der Waals surface area contributed by atoms with E-state index in [0.717, 1.165) is 0 Å². The lowest BCUT2D eigenvalue weighted by Crippen LogP contribution is -2.39. The Labute approximate surface area is 208 Å². The third-order valence-electron chi connectivity index (χ3n) is 4.05. The van der Waals surface area contributed by atoms with Gasteiger partial charge >= 0.3 is 0 Å². The van der Waals surface area contributed by atoms with Crippen LogP contribution in [-0.4, -0.2) is 65.6 Å². The van der Waals surface area contributed by atoms with Crippen molar-refractivity contribution in [3.63, 3.8) is 0 Å². The number of alkyl halides is 2. The van der Waals surface area contributed by atoms with E-state index in [-0.39, 0.29) is 44.7 Å². The van der Waals surface area contributed by atoms with Crippen molar-refractivity contribution in [1.29, 1.82) is 0 Å². The molecule has 0 bridgehead atoms. The van der Waals surface area contributed by atoms with Gasteiger partial charge in [0.2, 0.25) is 9.84 Å². The summed E-state index contributed by atoms with van der Waals surface area (Å²) >= 11 is 20.1. The summed E-state index contributed by atoms with van der Waals surface area (Å²) in [6, 6.07) is 7.95. The Morgan fingerprint density at radius 1 is 1.06 bits per heavy atom. The number of benzene rings is 2. The van der Waals surface area contributed by atoms with E-state index in [4.69, 9.17) is 49.4 Å². The van der Waals surface area contributed by atoms with Gasteiger partial charge in [-0.15, -0.1) is 11.6 Å². The highest BCUT2D eigenvalue weighted by atomic mass is 127. The minimum absolute atomic E-state index is 0.0233. The summed E-state index contributed by atoms with van der Waals surface area (Å²) in [4.78, 5) is -0.162. The van der Waals surface area contributed by atoms with Crippen LogP contribution in [0.1, 0.15) is 0 Å². The smallest absolute Gasteiger partial charge is 0.206 e. The lowest BCUT2D eigenvalue weighted by Gasteiger charge is -2.24. The zero-order chi connectivity index (χ0) is 23.2. The minimum Gasteiger partial charge on any atom is -0.491 e. The molecule has 0 saturated carbocycles. The Kier molecular flexibility index (Phi) is 9.96. The molecule has 1 unspecified atom stereocenters. The maximum atomic E-state index is 13.0. The van der Waals surface area contributed by atoms with Crippen LogP contribution in [0.5, 0.6) is 11.5 Å². The Bertz CT molecular complexity index is 959. The first-order valence-electron chi connectivity index (χ1n) is 8.79. The first-order chi connectivity index (χ1) is 14.6.